The first kappa shape index (κ1) is 14.8. The predicted molar refractivity (Wildman–Crippen MR) is 77.1 cm³/mol. The fourth-order valence-corrected chi connectivity index (χ4v) is 1.37. The standard InChI is InChI=1S/C15H26N2O/c1-6-10-18-13-8-7-9-16-14(13)17-11-15(4,5)12(2)3/h7-9,12H,6,10-11H2,1-5H3,(H,16,17). The van der Waals surface area contributed by atoms with Gasteiger partial charge in [-0.2, -0.15) is 0 Å². The molecule has 1 N–H and O–H groups in total. The molecule has 1 heterocycles. The minimum atomic E-state index is 0.236. The second-order valence-corrected chi connectivity index (χ2v) is 5.70. The summed E-state index contributed by atoms with van der Waals surface area (Å²) in [4.78, 5) is 4.36. The zero-order chi connectivity index (χ0) is 13.6. The van der Waals surface area contributed by atoms with Gasteiger partial charge in [-0.3, -0.25) is 0 Å². The van der Waals surface area contributed by atoms with E-state index in [1.54, 1.807) is 6.20 Å². The van der Waals surface area contributed by atoms with E-state index in [2.05, 4.69) is 44.9 Å². The van der Waals surface area contributed by atoms with E-state index in [-0.39, 0.29) is 5.41 Å². The summed E-state index contributed by atoms with van der Waals surface area (Å²) >= 11 is 0. The molecule has 0 saturated heterocycles. The van der Waals surface area contributed by atoms with Crippen molar-refractivity contribution in [2.45, 2.75) is 41.0 Å². The van der Waals surface area contributed by atoms with Crippen LogP contribution in [-0.2, 0) is 0 Å². The van der Waals surface area contributed by atoms with Crippen LogP contribution in [0.25, 0.3) is 0 Å². The summed E-state index contributed by atoms with van der Waals surface area (Å²) in [7, 11) is 0. The van der Waals surface area contributed by atoms with E-state index in [0.717, 1.165) is 31.1 Å². The highest BCUT2D eigenvalue weighted by atomic mass is 16.5. The molecule has 3 nitrogen and oxygen atoms in total. The Morgan fingerprint density at radius 2 is 2.11 bits per heavy atom. The average molecular weight is 250 g/mol. The fraction of sp³-hybridized carbons (Fsp3) is 0.667. The van der Waals surface area contributed by atoms with Crippen LogP contribution in [0.15, 0.2) is 18.3 Å². The minimum absolute atomic E-state index is 0.236. The number of rotatable bonds is 7. The fourth-order valence-electron chi connectivity index (χ4n) is 1.37. The molecule has 0 atom stereocenters. The van der Waals surface area contributed by atoms with Crippen LogP contribution in [0.4, 0.5) is 5.82 Å². The third-order valence-corrected chi connectivity index (χ3v) is 3.51. The van der Waals surface area contributed by atoms with Gasteiger partial charge < -0.3 is 10.1 Å². The molecule has 0 saturated carbocycles. The molecule has 0 radical (unpaired) electrons. The molecule has 18 heavy (non-hydrogen) atoms. The van der Waals surface area contributed by atoms with E-state index in [0.29, 0.717) is 5.92 Å². The largest absolute Gasteiger partial charge is 0.490 e. The van der Waals surface area contributed by atoms with Gasteiger partial charge in [0.15, 0.2) is 11.6 Å². The van der Waals surface area contributed by atoms with Crippen LogP contribution in [-0.4, -0.2) is 18.1 Å². The van der Waals surface area contributed by atoms with Gasteiger partial charge in [0.05, 0.1) is 6.61 Å². The van der Waals surface area contributed by atoms with Crippen LogP contribution in [0.1, 0.15) is 41.0 Å². The first-order valence-electron chi connectivity index (χ1n) is 6.79. The number of hydrogen-bond donors (Lipinski definition) is 1. The lowest BCUT2D eigenvalue weighted by Crippen LogP contribution is -2.28. The van der Waals surface area contributed by atoms with Gasteiger partial charge in [-0.05, 0) is 29.9 Å². The van der Waals surface area contributed by atoms with Gasteiger partial charge in [0.25, 0.3) is 0 Å². The Morgan fingerprint density at radius 3 is 2.72 bits per heavy atom. The summed E-state index contributed by atoms with van der Waals surface area (Å²) in [5, 5.41) is 3.41. The quantitative estimate of drug-likeness (QED) is 0.795. The molecule has 0 aliphatic rings. The summed E-state index contributed by atoms with van der Waals surface area (Å²) in [6.07, 6.45) is 2.80. The molecular weight excluding hydrogens is 224 g/mol. The molecule has 0 unspecified atom stereocenters. The van der Waals surface area contributed by atoms with Gasteiger partial charge in [0.1, 0.15) is 0 Å². The first-order valence-corrected chi connectivity index (χ1v) is 6.79. The lowest BCUT2D eigenvalue weighted by molar-refractivity contribution is 0.268. The van der Waals surface area contributed by atoms with Crippen molar-refractivity contribution in [3.63, 3.8) is 0 Å². The van der Waals surface area contributed by atoms with Crippen LogP contribution in [0, 0.1) is 11.3 Å². The predicted octanol–water partition coefficient (Wildman–Crippen LogP) is 3.96. The molecule has 0 aromatic carbocycles. The summed E-state index contributed by atoms with van der Waals surface area (Å²) in [6.45, 7) is 12.7. The topological polar surface area (TPSA) is 34.1 Å². The number of nitrogens with one attached hydrogen (secondary N) is 1. The van der Waals surface area contributed by atoms with E-state index < -0.39 is 0 Å². The normalized spacial score (nSPS) is 11.7. The van der Waals surface area contributed by atoms with Gasteiger partial charge >= 0.3 is 0 Å². The van der Waals surface area contributed by atoms with Crippen LogP contribution >= 0.6 is 0 Å². The lowest BCUT2D eigenvalue weighted by Gasteiger charge is -2.29. The van der Waals surface area contributed by atoms with Gasteiger partial charge in [-0.1, -0.05) is 34.6 Å². The Morgan fingerprint density at radius 1 is 1.39 bits per heavy atom. The van der Waals surface area contributed by atoms with Crippen molar-refractivity contribution in [2.75, 3.05) is 18.5 Å². The molecule has 3 heteroatoms. The summed E-state index contributed by atoms with van der Waals surface area (Å²) in [5.74, 6) is 2.31. The first-order chi connectivity index (χ1) is 8.47. The highest BCUT2D eigenvalue weighted by molar-refractivity contribution is 5.49. The lowest BCUT2D eigenvalue weighted by atomic mass is 9.81. The average Bonchev–Trinajstić information content (AvgIpc) is 2.34. The van der Waals surface area contributed by atoms with Crippen molar-refractivity contribution in [1.29, 1.82) is 0 Å². The Hall–Kier alpha value is -1.25. The highest BCUT2D eigenvalue weighted by Crippen LogP contribution is 2.28. The number of ether oxygens (including phenoxy) is 1. The third-order valence-electron chi connectivity index (χ3n) is 3.51. The van der Waals surface area contributed by atoms with Crippen molar-refractivity contribution in [1.82, 2.24) is 4.98 Å². The summed E-state index contributed by atoms with van der Waals surface area (Å²) in [5.41, 5.74) is 0.236. The number of anilines is 1. The van der Waals surface area contributed by atoms with Crippen molar-refractivity contribution < 1.29 is 4.74 Å². The summed E-state index contributed by atoms with van der Waals surface area (Å²) < 4.78 is 5.69. The van der Waals surface area contributed by atoms with Crippen molar-refractivity contribution in [3.8, 4) is 5.75 Å². The van der Waals surface area contributed by atoms with Crippen LogP contribution in [0.3, 0.4) is 0 Å². The Kier molecular flexibility index (Phi) is 5.45. The molecule has 0 spiro atoms. The SMILES string of the molecule is CCCOc1cccnc1NCC(C)(C)C(C)C. The molecule has 0 bridgehead atoms. The number of hydrogen-bond acceptors (Lipinski definition) is 3. The number of nitrogens with zero attached hydrogens (tertiary/aromatic N) is 1. The zero-order valence-electron chi connectivity index (χ0n) is 12.3. The van der Waals surface area contributed by atoms with Gasteiger partial charge in [-0.15, -0.1) is 0 Å². The van der Waals surface area contributed by atoms with Crippen LogP contribution in [0.5, 0.6) is 5.75 Å². The maximum absolute atomic E-state index is 5.69. The van der Waals surface area contributed by atoms with Crippen LogP contribution < -0.4 is 10.1 Å². The Bertz CT molecular complexity index is 361. The zero-order valence-corrected chi connectivity index (χ0v) is 12.3. The van der Waals surface area contributed by atoms with E-state index in [1.807, 2.05) is 12.1 Å². The van der Waals surface area contributed by atoms with E-state index in [4.69, 9.17) is 4.74 Å². The molecule has 102 valence electrons. The molecular formula is C15H26N2O. The maximum Gasteiger partial charge on any atom is 0.168 e. The van der Waals surface area contributed by atoms with Gasteiger partial charge in [0, 0.05) is 12.7 Å². The second kappa shape index (κ2) is 6.62. The number of pyridine rings is 1. The van der Waals surface area contributed by atoms with Crippen molar-refractivity contribution >= 4 is 5.82 Å². The molecule has 0 aliphatic heterocycles. The van der Waals surface area contributed by atoms with Gasteiger partial charge in [0.2, 0.25) is 0 Å². The minimum Gasteiger partial charge on any atom is -0.490 e. The molecule has 1 aromatic rings. The highest BCUT2D eigenvalue weighted by Gasteiger charge is 2.22. The van der Waals surface area contributed by atoms with Gasteiger partial charge in [-0.25, -0.2) is 4.98 Å². The third kappa shape index (κ3) is 4.21. The van der Waals surface area contributed by atoms with E-state index in [9.17, 15) is 0 Å². The molecule has 0 fully saturated rings. The van der Waals surface area contributed by atoms with E-state index in [1.165, 1.54) is 0 Å². The van der Waals surface area contributed by atoms with Crippen molar-refractivity contribution in [2.24, 2.45) is 11.3 Å². The summed E-state index contributed by atoms with van der Waals surface area (Å²) in [6, 6.07) is 3.87. The van der Waals surface area contributed by atoms with Crippen molar-refractivity contribution in [3.05, 3.63) is 18.3 Å². The number of aromatic nitrogens is 1. The molecule has 0 aliphatic carbocycles. The smallest absolute Gasteiger partial charge is 0.168 e. The van der Waals surface area contributed by atoms with Crippen LogP contribution in [0.2, 0.25) is 0 Å². The molecule has 0 amide bonds. The second-order valence-electron chi connectivity index (χ2n) is 5.70. The monoisotopic (exact) mass is 250 g/mol. The molecule has 1 aromatic heterocycles. The van der Waals surface area contributed by atoms with E-state index >= 15 is 0 Å². The Labute approximate surface area is 111 Å². The Balaban J connectivity index is 2.66. The maximum atomic E-state index is 5.69. The molecule has 1 rings (SSSR count).